The van der Waals surface area contributed by atoms with Gasteiger partial charge in [-0.15, -0.1) is 0 Å². The number of hydrogen-bond acceptors (Lipinski definition) is 6. The zero-order valence-corrected chi connectivity index (χ0v) is 30.0. The molecular weight excluding hydrogens is 661 g/mol. The normalized spacial score (nSPS) is 17.2. The lowest BCUT2D eigenvalue weighted by atomic mass is 9.89. The van der Waals surface area contributed by atoms with Crippen molar-refractivity contribution >= 4 is 11.8 Å². The van der Waals surface area contributed by atoms with E-state index in [1.807, 2.05) is 48.2 Å². The molecule has 0 bridgehead atoms. The van der Waals surface area contributed by atoms with Gasteiger partial charge < -0.3 is 24.8 Å². The summed E-state index contributed by atoms with van der Waals surface area (Å²) in [5.74, 6) is 3.70. The van der Waals surface area contributed by atoms with Crippen molar-refractivity contribution in [2.75, 3.05) is 13.1 Å². The maximum Gasteiger partial charge on any atom is 0.141 e. The van der Waals surface area contributed by atoms with E-state index in [-0.39, 0.29) is 12.1 Å². The Morgan fingerprint density at radius 3 is 1.40 bits per heavy atom. The van der Waals surface area contributed by atoms with Crippen molar-refractivity contribution in [2.24, 2.45) is 0 Å². The summed E-state index contributed by atoms with van der Waals surface area (Å²) >= 11 is 1.85. The molecule has 0 fully saturated rings. The largest absolute Gasteiger partial charge is 0.489 e. The summed E-state index contributed by atoms with van der Waals surface area (Å²) in [6.45, 7) is 3.09. The molecule has 0 saturated carbocycles. The van der Waals surface area contributed by atoms with Crippen molar-refractivity contribution < 1.29 is 14.2 Å². The predicted octanol–water partition coefficient (Wildman–Crippen LogP) is 9.96. The van der Waals surface area contributed by atoms with Crippen LogP contribution in [0.1, 0.15) is 56.6 Å². The van der Waals surface area contributed by atoms with E-state index >= 15 is 0 Å². The summed E-state index contributed by atoms with van der Waals surface area (Å²) in [4.78, 5) is 2.43. The minimum Gasteiger partial charge on any atom is -0.489 e. The average Bonchev–Trinajstić information content (AvgIpc) is 3.19. The van der Waals surface area contributed by atoms with Crippen LogP contribution in [-0.4, -0.2) is 13.1 Å². The molecule has 0 spiro atoms. The van der Waals surface area contributed by atoms with E-state index in [0.717, 1.165) is 61.8 Å². The highest BCUT2D eigenvalue weighted by Crippen LogP contribution is 2.50. The number of rotatable bonds is 10. The molecule has 3 heterocycles. The third-order valence-corrected chi connectivity index (χ3v) is 11.5. The van der Waals surface area contributed by atoms with Gasteiger partial charge in [0.25, 0.3) is 0 Å². The van der Waals surface area contributed by atoms with Crippen LogP contribution in [-0.2, 0) is 38.9 Å². The van der Waals surface area contributed by atoms with Crippen molar-refractivity contribution in [1.82, 2.24) is 10.6 Å². The van der Waals surface area contributed by atoms with Gasteiger partial charge in [-0.25, -0.2) is 0 Å². The molecule has 3 aliphatic rings. The topological polar surface area (TPSA) is 51.8 Å². The Morgan fingerprint density at radius 2 is 0.962 bits per heavy atom. The number of ether oxygens (including phenoxy) is 3. The first-order chi connectivity index (χ1) is 25.7. The van der Waals surface area contributed by atoms with Crippen molar-refractivity contribution in [3.8, 4) is 23.0 Å². The van der Waals surface area contributed by atoms with Crippen molar-refractivity contribution in [3.63, 3.8) is 0 Å². The average molecular weight is 703 g/mol. The number of nitrogens with one attached hydrogen (secondary N) is 2. The van der Waals surface area contributed by atoms with E-state index < -0.39 is 0 Å². The van der Waals surface area contributed by atoms with Crippen LogP contribution in [0.5, 0.6) is 23.0 Å². The van der Waals surface area contributed by atoms with Gasteiger partial charge in [-0.05, 0) is 132 Å². The fraction of sp³-hybridized carbons (Fsp3) is 0.217. The van der Waals surface area contributed by atoms with Crippen molar-refractivity contribution in [3.05, 3.63) is 178 Å². The van der Waals surface area contributed by atoms with Crippen LogP contribution in [0.4, 0.5) is 0 Å². The smallest absolute Gasteiger partial charge is 0.141 e. The van der Waals surface area contributed by atoms with Gasteiger partial charge in [0.05, 0.1) is 9.79 Å². The Kier molecular flexibility index (Phi) is 9.43. The molecule has 0 aromatic heterocycles. The van der Waals surface area contributed by atoms with Crippen LogP contribution in [0.25, 0.3) is 0 Å². The molecule has 9 rings (SSSR count). The molecule has 2 atom stereocenters. The van der Waals surface area contributed by atoms with Crippen molar-refractivity contribution in [1.29, 1.82) is 0 Å². The fourth-order valence-corrected chi connectivity index (χ4v) is 8.66. The van der Waals surface area contributed by atoms with Crippen LogP contribution >= 0.6 is 11.8 Å². The van der Waals surface area contributed by atoms with Gasteiger partial charge in [0.2, 0.25) is 0 Å². The molecule has 5 nitrogen and oxygen atoms in total. The summed E-state index contributed by atoms with van der Waals surface area (Å²) < 4.78 is 18.8. The van der Waals surface area contributed by atoms with E-state index in [2.05, 4.69) is 108 Å². The van der Waals surface area contributed by atoms with Gasteiger partial charge in [0.1, 0.15) is 36.2 Å². The highest BCUT2D eigenvalue weighted by atomic mass is 32.2. The molecule has 6 aromatic carbocycles. The Bertz CT molecular complexity index is 2000. The molecule has 6 aromatic rings. The summed E-state index contributed by atoms with van der Waals surface area (Å²) in [5.41, 5.74) is 10.4. The zero-order valence-electron chi connectivity index (χ0n) is 29.1. The third-order valence-electron chi connectivity index (χ3n) is 10.4. The SMILES string of the molecule is c1ccc(COc2ccc(CC3NCCc4cc5c(cc43)Oc3cc4c(cc3S5)CCNC4Cc3ccc(OCc4ccccc4)cc3)cc2)cc1. The first kappa shape index (κ1) is 32.9. The molecule has 52 heavy (non-hydrogen) atoms. The lowest BCUT2D eigenvalue weighted by Gasteiger charge is -2.32. The van der Waals surface area contributed by atoms with Crippen LogP contribution in [0.3, 0.4) is 0 Å². The highest BCUT2D eigenvalue weighted by molar-refractivity contribution is 7.99. The molecule has 2 N–H and O–H groups in total. The van der Waals surface area contributed by atoms with Gasteiger partial charge in [-0.3, -0.25) is 0 Å². The Morgan fingerprint density at radius 1 is 0.519 bits per heavy atom. The Hall–Kier alpha value is -5.01. The van der Waals surface area contributed by atoms with Crippen LogP contribution in [0.15, 0.2) is 143 Å². The van der Waals surface area contributed by atoms with Crippen LogP contribution in [0.2, 0.25) is 0 Å². The van der Waals surface area contributed by atoms with Gasteiger partial charge in [0.15, 0.2) is 0 Å². The first-order valence-corrected chi connectivity index (χ1v) is 19.2. The summed E-state index contributed by atoms with van der Waals surface area (Å²) in [7, 11) is 0. The van der Waals surface area contributed by atoms with Crippen LogP contribution < -0.4 is 24.8 Å². The molecular formula is C46H42N2O3S. The third kappa shape index (κ3) is 7.33. The number of benzene rings is 6. The quantitative estimate of drug-likeness (QED) is 0.148. The maximum atomic E-state index is 6.76. The monoisotopic (exact) mass is 702 g/mol. The highest BCUT2D eigenvalue weighted by Gasteiger charge is 2.29. The summed E-state index contributed by atoms with van der Waals surface area (Å²) in [6, 6.07) is 47.5. The van der Waals surface area contributed by atoms with E-state index in [4.69, 9.17) is 14.2 Å². The maximum absolute atomic E-state index is 6.76. The number of hydrogen-bond donors (Lipinski definition) is 2. The second-order valence-corrected chi connectivity index (χ2v) is 15.0. The molecule has 0 saturated heterocycles. The Labute approximate surface area is 310 Å². The minimum atomic E-state index is 0.229. The minimum absolute atomic E-state index is 0.229. The lowest BCUT2D eigenvalue weighted by Crippen LogP contribution is -2.31. The van der Waals surface area contributed by atoms with E-state index in [9.17, 15) is 0 Å². The number of fused-ring (bicyclic) bond motifs is 4. The first-order valence-electron chi connectivity index (χ1n) is 18.4. The van der Waals surface area contributed by atoms with Gasteiger partial charge >= 0.3 is 0 Å². The summed E-state index contributed by atoms with van der Waals surface area (Å²) in [6.07, 6.45) is 3.87. The molecule has 260 valence electrons. The molecule has 2 unspecified atom stereocenters. The molecule has 3 aliphatic heterocycles. The molecule has 0 aliphatic carbocycles. The molecule has 6 heteroatoms. The second-order valence-electron chi connectivity index (χ2n) is 14.0. The summed E-state index contributed by atoms with van der Waals surface area (Å²) in [5, 5.41) is 7.58. The standard InChI is InChI=1S/C46H42N2O3S/c1-3-7-33(8-4-1)29-49-37-15-11-31(12-16-37)23-41-39-27-43-45(25-35(39)19-21-47-41)52-46-26-36-20-22-48-42(40(36)28-44(46)51-43)24-32-13-17-38(18-14-32)50-30-34-9-5-2-6-10-34/h1-18,25-28,41-42,47-48H,19-24,29-30H2. The van der Waals surface area contributed by atoms with E-state index in [0.29, 0.717) is 13.2 Å². The second kappa shape index (κ2) is 14.9. The van der Waals surface area contributed by atoms with Crippen LogP contribution in [0, 0.1) is 0 Å². The Balaban J connectivity index is 0.880. The van der Waals surface area contributed by atoms with Gasteiger partial charge in [-0.1, -0.05) is 96.7 Å². The molecule has 0 radical (unpaired) electrons. The van der Waals surface area contributed by atoms with Gasteiger partial charge in [0, 0.05) is 12.1 Å². The van der Waals surface area contributed by atoms with E-state index in [1.165, 1.54) is 54.3 Å². The lowest BCUT2D eigenvalue weighted by molar-refractivity contribution is 0.306. The van der Waals surface area contributed by atoms with Gasteiger partial charge in [-0.2, -0.15) is 0 Å². The molecule has 0 amide bonds. The zero-order chi connectivity index (χ0) is 34.7. The predicted molar refractivity (Wildman–Crippen MR) is 208 cm³/mol. The van der Waals surface area contributed by atoms with E-state index in [1.54, 1.807) is 0 Å². The fourth-order valence-electron chi connectivity index (χ4n) is 7.62. The van der Waals surface area contributed by atoms with Crippen molar-refractivity contribution in [2.45, 2.75) is 60.8 Å².